The molecule has 0 aromatic heterocycles. The van der Waals surface area contributed by atoms with Crippen molar-refractivity contribution in [3.8, 4) is 11.5 Å². The molecule has 152 valence electrons. The fraction of sp³-hybridized carbons (Fsp3) is 0.400. The summed E-state index contributed by atoms with van der Waals surface area (Å²) < 4.78 is 40.4. The molecule has 0 spiro atoms. The first-order valence-electron chi connectivity index (χ1n) is 9.06. The van der Waals surface area contributed by atoms with E-state index in [-0.39, 0.29) is 16.7 Å². The quantitative estimate of drug-likeness (QED) is 0.759. The number of sulfonamides is 1. The molecule has 2 aromatic rings. The van der Waals surface area contributed by atoms with Crippen LogP contribution < -0.4 is 14.6 Å². The highest BCUT2D eigenvalue weighted by Gasteiger charge is 2.29. The van der Waals surface area contributed by atoms with E-state index >= 15 is 0 Å². The van der Waals surface area contributed by atoms with E-state index < -0.39 is 10.0 Å². The molecule has 8 heteroatoms. The number of rotatable bonds is 7. The molecular weight excluding hydrogens is 380 g/mol. The van der Waals surface area contributed by atoms with Gasteiger partial charge in [-0.1, -0.05) is 12.1 Å². The van der Waals surface area contributed by atoms with E-state index in [9.17, 15) is 8.42 Å². The molecule has 1 aliphatic heterocycles. The second-order valence-electron chi connectivity index (χ2n) is 6.71. The van der Waals surface area contributed by atoms with Crippen LogP contribution in [0.25, 0.3) is 0 Å². The third-order valence-corrected chi connectivity index (χ3v) is 5.74. The lowest BCUT2D eigenvalue weighted by molar-refractivity contribution is 0.0171. The van der Waals surface area contributed by atoms with Gasteiger partial charge in [-0.25, -0.2) is 13.6 Å². The first-order chi connectivity index (χ1) is 13.4. The van der Waals surface area contributed by atoms with Crippen LogP contribution in [0.5, 0.6) is 11.5 Å². The molecule has 0 radical (unpaired) electrons. The summed E-state index contributed by atoms with van der Waals surface area (Å²) in [7, 11) is -0.808. The third-order valence-electron chi connectivity index (χ3n) is 4.81. The minimum atomic E-state index is -3.90. The highest BCUT2D eigenvalue weighted by molar-refractivity contribution is 7.89. The number of hydrogen-bond acceptors (Lipinski definition) is 6. The Morgan fingerprint density at radius 2 is 1.96 bits per heavy atom. The summed E-state index contributed by atoms with van der Waals surface area (Å²) in [4.78, 5) is 2.24. The van der Waals surface area contributed by atoms with Gasteiger partial charge in [0.15, 0.2) is 0 Å². The van der Waals surface area contributed by atoms with E-state index in [0.29, 0.717) is 19.7 Å². The number of fused-ring (bicyclic) bond motifs is 1. The molecular formula is C20H26N2O5S. The molecule has 1 unspecified atom stereocenters. The highest BCUT2D eigenvalue weighted by Crippen LogP contribution is 2.36. The topological polar surface area (TPSA) is 91.1 Å². The number of benzene rings is 2. The Hall–Kier alpha value is -2.13. The summed E-state index contributed by atoms with van der Waals surface area (Å²) >= 11 is 0. The Kier molecular flexibility index (Phi) is 6.24. The minimum absolute atomic E-state index is 0.0142. The summed E-state index contributed by atoms with van der Waals surface area (Å²) in [5, 5.41) is 5.37. The second kappa shape index (κ2) is 8.48. The van der Waals surface area contributed by atoms with Crippen LogP contribution in [0.3, 0.4) is 0 Å². The molecule has 0 amide bonds. The lowest BCUT2D eigenvalue weighted by Gasteiger charge is -2.35. The van der Waals surface area contributed by atoms with Gasteiger partial charge in [-0.3, -0.25) is 4.90 Å². The molecule has 28 heavy (non-hydrogen) atoms. The van der Waals surface area contributed by atoms with Gasteiger partial charge in [0.05, 0.1) is 20.3 Å². The minimum Gasteiger partial charge on any atom is -0.497 e. The Morgan fingerprint density at radius 1 is 1.18 bits per heavy atom. The van der Waals surface area contributed by atoms with Crippen molar-refractivity contribution in [1.29, 1.82) is 0 Å². The third kappa shape index (κ3) is 4.47. The van der Waals surface area contributed by atoms with E-state index in [4.69, 9.17) is 19.3 Å². The fourth-order valence-corrected chi connectivity index (χ4v) is 4.28. The maximum atomic E-state index is 12.0. The molecule has 0 aliphatic carbocycles. The molecule has 1 aliphatic rings. The molecule has 1 atom stereocenters. The monoisotopic (exact) mass is 406 g/mol. The maximum Gasteiger partial charge on any atom is 0.241 e. The van der Waals surface area contributed by atoms with Gasteiger partial charge in [-0.2, -0.15) is 0 Å². The largest absolute Gasteiger partial charge is 0.497 e. The number of primary sulfonamides is 1. The molecule has 2 aromatic carbocycles. The van der Waals surface area contributed by atoms with Crippen molar-refractivity contribution >= 4 is 10.0 Å². The van der Waals surface area contributed by atoms with Crippen LogP contribution in [0.2, 0.25) is 0 Å². The summed E-state index contributed by atoms with van der Waals surface area (Å²) in [6, 6.07) is 11.3. The van der Waals surface area contributed by atoms with E-state index in [2.05, 4.69) is 11.0 Å². The van der Waals surface area contributed by atoms with Crippen LogP contribution in [-0.4, -0.2) is 40.7 Å². The van der Waals surface area contributed by atoms with Gasteiger partial charge >= 0.3 is 0 Å². The van der Waals surface area contributed by atoms with Crippen LogP contribution in [0.4, 0.5) is 0 Å². The van der Waals surface area contributed by atoms with Gasteiger partial charge in [-0.05, 0) is 47.9 Å². The predicted octanol–water partition coefficient (Wildman–Crippen LogP) is 2.44. The normalized spacial score (nSPS) is 17.2. The van der Waals surface area contributed by atoms with Crippen molar-refractivity contribution in [2.24, 2.45) is 5.14 Å². The van der Waals surface area contributed by atoms with Gasteiger partial charge < -0.3 is 14.2 Å². The number of ether oxygens (including phenoxy) is 3. The van der Waals surface area contributed by atoms with Crippen molar-refractivity contribution in [3.05, 3.63) is 53.1 Å². The van der Waals surface area contributed by atoms with E-state index in [1.54, 1.807) is 19.2 Å². The van der Waals surface area contributed by atoms with Crippen LogP contribution >= 0.6 is 0 Å². The zero-order valence-corrected chi connectivity index (χ0v) is 17.2. The Bertz CT molecular complexity index is 946. The lowest BCUT2D eigenvalue weighted by atomic mass is 9.96. The van der Waals surface area contributed by atoms with Crippen molar-refractivity contribution in [2.75, 3.05) is 27.4 Å². The number of hydrogen-bond donors (Lipinski definition) is 1. The van der Waals surface area contributed by atoms with Crippen LogP contribution in [0.1, 0.15) is 29.7 Å². The Labute approximate surface area is 166 Å². The number of nitrogens with zero attached hydrogens (tertiary/aromatic N) is 1. The molecule has 0 saturated heterocycles. The summed E-state index contributed by atoms with van der Waals surface area (Å²) in [5.41, 5.74) is 2.94. The summed E-state index contributed by atoms with van der Waals surface area (Å²) in [6.07, 6.45) is -0.245. The molecule has 2 N–H and O–H groups in total. The van der Waals surface area contributed by atoms with Gasteiger partial charge in [0.2, 0.25) is 10.0 Å². The molecule has 7 nitrogen and oxygen atoms in total. The standard InChI is InChI=1S/C20H26N2O5S/c1-4-27-19-13-22(11-14-6-5-7-16(8-14)25-2)12-15-9-18(26-3)20(10-17(15)19)28(21,23)24/h5-10,19H,4,11-13H2,1-3H3,(H2,21,23,24). The van der Waals surface area contributed by atoms with Gasteiger partial charge in [0, 0.05) is 26.2 Å². The molecule has 1 heterocycles. The smallest absolute Gasteiger partial charge is 0.241 e. The molecule has 0 bridgehead atoms. The maximum absolute atomic E-state index is 12.0. The van der Waals surface area contributed by atoms with Gasteiger partial charge in [0.25, 0.3) is 0 Å². The summed E-state index contributed by atoms with van der Waals surface area (Å²) in [5.74, 6) is 1.07. The van der Waals surface area contributed by atoms with Crippen molar-refractivity contribution < 1.29 is 22.6 Å². The molecule has 0 saturated carbocycles. The second-order valence-corrected chi connectivity index (χ2v) is 8.24. The van der Waals surface area contributed by atoms with Gasteiger partial charge in [0.1, 0.15) is 16.4 Å². The molecule has 3 rings (SSSR count). The van der Waals surface area contributed by atoms with E-state index in [0.717, 1.165) is 29.0 Å². The lowest BCUT2D eigenvalue weighted by Crippen LogP contribution is -2.34. The van der Waals surface area contributed by atoms with Crippen LogP contribution in [0, 0.1) is 0 Å². The van der Waals surface area contributed by atoms with Gasteiger partial charge in [-0.15, -0.1) is 0 Å². The first-order valence-corrected chi connectivity index (χ1v) is 10.6. The number of methoxy groups -OCH3 is 2. The molecule has 0 fully saturated rings. The average Bonchev–Trinajstić information content (AvgIpc) is 2.66. The van der Waals surface area contributed by atoms with Crippen molar-refractivity contribution in [2.45, 2.75) is 31.0 Å². The van der Waals surface area contributed by atoms with Crippen molar-refractivity contribution in [1.82, 2.24) is 4.90 Å². The summed E-state index contributed by atoms with van der Waals surface area (Å²) in [6.45, 7) is 4.46. The van der Waals surface area contributed by atoms with E-state index in [1.165, 1.54) is 7.11 Å². The predicted molar refractivity (Wildman–Crippen MR) is 106 cm³/mol. The SMILES string of the molecule is CCOC1CN(Cc2cccc(OC)c2)Cc2cc(OC)c(S(N)(=O)=O)cc21. The zero-order chi connectivity index (χ0) is 20.3. The van der Waals surface area contributed by atoms with Crippen LogP contribution in [0.15, 0.2) is 41.3 Å². The number of nitrogens with two attached hydrogens (primary N) is 1. The van der Waals surface area contributed by atoms with Crippen molar-refractivity contribution in [3.63, 3.8) is 0 Å². The highest BCUT2D eigenvalue weighted by atomic mass is 32.2. The fourth-order valence-electron chi connectivity index (χ4n) is 3.57. The first kappa shape index (κ1) is 20.6. The Morgan fingerprint density at radius 3 is 2.61 bits per heavy atom. The van der Waals surface area contributed by atoms with E-state index in [1.807, 2.05) is 25.1 Å². The Balaban J connectivity index is 1.95. The zero-order valence-electron chi connectivity index (χ0n) is 16.3. The van der Waals surface area contributed by atoms with Crippen LogP contribution in [-0.2, 0) is 27.8 Å². The average molecular weight is 407 g/mol.